The molecule has 0 unspecified atom stereocenters. The highest BCUT2D eigenvalue weighted by Gasteiger charge is 2.05. The fourth-order valence-corrected chi connectivity index (χ4v) is 1.23. The molecule has 0 saturated carbocycles. The summed E-state index contributed by atoms with van der Waals surface area (Å²) in [5.41, 5.74) is 8.45. The summed E-state index contributed by atoms with van der Waals surface area (Å²) in [6, 6.07) is 8.46. The smallest absolute Gasteiger partial charge is 0.201 e. The molecule has 0 bridgehead atoms. The molecule has 7 nitrogen and oxygen atoms in total. The largest absolute Gasteiger partial charge is 0.492 e. The van der Waals surface area contributed by atoms with Gasteiger partial charge in [0.15, 0.2) is 5.84 Å². The zero-order chi connectivity index (χ0) is 14.3. The van der Waals surface area contributed by atoms with E-state index < -0.39 is 5.84 Å². The van der Waals surface area contributed by atoms with Crippen LogP contribution in [0.2, 0.25) is 0 Å². The van der Waals surface area contributed by atoms with E-state index in [-0.39, 0.29) is 5.71 Å². The highest BCUT2D eigenvalue weighted by Crippen LogP contribution is 2.22. The summed E-state index contributed by atoms with van der Waals surface area (Å²) in [7, 11) is 0. The Morgan fingerprint density at radius 1 is 1.53 bits per heavy atom. The molecule has 1 aromatic rings. The molecule has 0 atom stereocenters. The number of amidine groups is 1. The highest BCUT2D eigenvalue weighted by molar-refractivity contribution is 6.45. The van der Waals surface area contributed by atoms with Crippen molar-refractivity contribution >= 4 is 17.2 Å². The van der Waals surface area contributed by atoms with Gasteiger partial charge in [-0.2, -0.15) is 15.6 Å². The van der Waals surface area contributed by atoms with Crippen LogP contribution in [0.5, 0.6) is 5.75 Å². The minimum absolute atomic E-state index is 0.220. The average molecular weight is 256 g/mol. The van der Waals surface area contributed by atoms with E-state index in [1.54, 1.807) is 24.3 Å². The van der Waals surface area contributed by atoms with Gasteiger partial charge in [0, 0.05) is 6.07 Å². The van der Waals surface area contributed by atoms with Crippen LogP contribution in [0.3, 0.4) is 0 Å². The number of rotatable bonds is 5. The molecule has 0 fully saturated rings. The van der Waals surface area contributed by atoms with Gasteiger partial charge in [0.05, 0.1) is 17.9 Å². The lowest BCUT2D eigenvalue weighted by atomic mass is 10.2. The fourth-order valence-electron chi connectivity index (χ4n) is 1.23. The standard InChI is InChI=1S/C12H12N6O/c1-2-19-11-5-9(4-3-8(11)6-13)17-18-10(7-14)12(15)16/h3-5,17H,2H2,1H3,(H3,15,16)/b18-10+. The van der Waals surface area contributed by atoms with E-state index in [1.165, 1.54) is 0 Å². The molecule has 19 heavy (non-hydrogen) atoms. The van der Waals surface area contributed by atoms with Crippen molar-refractivity contribution in [1.29, 1.82) is 15.9 Å². The van der Waals surface area contributed by atoms with Crippen molar-refractivity contribution in [2.75, 3.05) is 12.0 Å². The van der Waals surface area contributed by atoms with Gasteiger partial charge < -0.3 is 10.5 Å². The molecule has 0 radical (unpaired) electrons. The quantitative estimate of drug-likeness (QED) is 0.413. The van der Waals surface area contributed by atoms with Crippen LogP contribution in [0.4, 0.5) is 5.69 Å². The first-order valence-corrected chi connectivity index (χ1v) is 5.37. The maximum Gasteiger partial charge on any atom is 0.201 e. The Hall–Kier alpha value is -3.06. The third-order valence-electron chi connectivity index (χ3n) is 2.06. The first-order valence-electron chi connectivity index (χ1n) is 5.37. The Morgan fingerprint density at radius 2 is 2.26 bits per heavy atom. The van der Waals surface area contributed by atoms with Gasteiger partial charge in [-0.25, -0.2) is 0 Å². The van der Waals surface area contributed by atoms with Crippen LogP contribution in [0, 0.1) is 28.1 Å². The lowest BCUT2D eigenvalue weighted by molar-refractivity contribution is 0.339. The Kier molecular flexibility index (Phi) is 4.88. The third kappa shape index (κ3) is 3.72. The molecule has 0 heterocycles. The van der Waals surface area contributed by atoms with E-state index >= 15 is 0 Å². The van der Waals surface area contributed by atoms with Crippen LogP contribution in [0.1, 0.15) is 12.5 Å². The van der Waals surface area contributed by atoms with Gasteiger partial charge in [-0.05, 0) is 19.1 Å². The van der Waals surface area contributed by atoms with E-state index in [9.17, 15) is 0 Å². The van der Waals surface area contributed by atoms with Crippen LogP contribution in [-0.4, -0.2) is 18.2 Å². The SMILES string of the molecule is CCOc1cc(N/N=C(\C#N)C(=N)N)ccc1C#N. The summed E-state index contributed by atoms with van der Waals surface area (Å²) in [5, 5.41) is 28.4. The monoisotopic (exact) mass is 256 g/mol. The predicted octanol–water partition coefficient (Wildman–Crippen LogP) is 1.18. The molecule has 0 spiro atoms. The summed E-state index contributed by atoms with van der Waals surface area (Å²) in [6.07, 6.45) is 0. The second-order valence-corrected chi connectivity index (χ2v) is 3.35. The minimum Gasteiger partial charge on any atom is -0.492 e. The number of hydrazone groups is 1. The number of nitrogens with two attached hydrogens (primary N) is 1. The van der Waals surface area contributed by atoms with Crippen LogP contribution in [-0.2, 0) is 0 Å². The van der Waals surface area contributed by atoms with E-state index in [4.69, 9.17) is 26.4 Å². The Morgan fingerprint density at radius 3 is 2.79 bits per heavy atom. The second kappa shape index (κ2) is 6.62. The first kappa shape index (κ1) is 14.0. The molecule has 4 N–H and O–H groups in total. The van der Waals surface area contributed by atoms with E-state index in [2.05, 4.69) is 10.5 Å². The van der Waals surface area contributed by atoms with E-state index in [1.807, 2.05) is 13.0 Å². The van der Waals surface area contributed by atoms with Crippen molar-refractivity contribution in [3.05, 3.63) is 23.8 Å². The molecule has 0 saturated heterocycles. The predicted molar refractivity (Wildman–Crippen MR) is 70.9 cm³/mol. The lowest BCUT2D eigenvalue weighted by Crippen LogP contribution is -2.21. The lowest BCUT2D eigenvalue weighted by Gasteiger charge is -2.07. The summed E-state index contributed by atoms with van der Waals surface area (Å²) >= 11 is 0. The van der Waals surface area contributed by atoms with Crippen LogP contribution >= 0.6 is 0 Å². The molecular formula is C12H12N6O. The molecule has 0 amide bonds. The van der Waals surface area contributed by atoms with Gasteiger partial charge >= 0.3 is 0 Å². The van der Waals surface area contributed by atoms with Crippen molar-refractivity contribution in [1.82, 2.24) is 0 Å². The average Bonchev–Trinajstić information content (AvgIpc) is 2.40. The molecule has 7 heteroatoms. The van der Waals surface area contributed by atoms with Crippen LogP contribution < -0.4 is 15.9 Å². The zero-order valence-corrected chi connectivity index (χ0v) is 10.3. The van der Waals surface area contributed by atoms with Crippen molar-refractivity contribution in [3.63, 3.8) is 0 Å². The molecule has 1 aromatic carbocycles. The minimum atomic E-state index is -0.423. The normalized spacial score (nSPS) is 10.2. The van der Waals surface area contributed by atoms with Gasteiger partial charge in [0.2, 0.25) is 5.71 Å². The summed E-state index contributed by atoms with van der Waals surface area (Å²) in [4.78, 5) is 0. The van der Waals surface area contributed by atoms with E-state index in [0.29, 0.717) is 23.6 Å². The number of benzene rings is 1. The van der Waals surface area contributed by atoms with Crippen molar-refractivity contribution in [3.8, 4) is 17.9 Å². The Labute approximate surface area is 110 Å². The third-order valence-corrected chi connectivity index (χ3v) is 2.06. The Balaban J connectivity index is 2.98. The molecule has 0 aromatic heterocycles. The summed E-state index contributed by atoms with van der Waals surface area (Å²) in [6.45, 7) is 2.24. The van der Waals surface area contributed by atoms with Gasteiger partial charge in [-0.15, -0.1) is 0 Å². The maximum atomic E-state index is 8.90. The molecule has 0 aliphatic heterocycles. The molecule has 1 rings (SSSR count). The number of ether oxygens (including phenoxy) is 1. The Bertz CT molecular complexity index is 593. The van der Waals surface area contributed by atoms with Gasteiger partial charge in [-0.1, -0.05) is 0 Å². The molecule has 0 aliphatic rings. The molecule has 0 aliphatic carbocycles. The first-order chi connectivity index (χ1) is 9.12. The summed E-state index contributed by atoms with van der Waals surface area (Å²) in [5.74, 6) is 0.000194. The number of hydrogen-bond acceptors (Lipinski definition) is 6. The highest BCUT2D eigenvalue weighted by atomic mass is 16.5. The summed E-state index contributed by atoms with van der Waals surface area (Å²) < 4.78 is 5.31. The number of hydrogen-bond donors (Lipinski definition) is 3. The fraction of sp³-hybridized carbons (Fsp3) is 0.167. The second-order valence-electron chi connectivity index (χ2n) is 3.35. The van der Waals surface area contributed by atoms with Gasteiger partial charge in [0.25, 0.3) is 0 Å². The van der Waals surface area contributed by atoms with Crippen LogP contribution in [0.15, 0.2) is 23.3 Å². The van der Waals surface area contributed by atoms with Gasteiger partial charge in [-0.3, -0.25) is 10.8 Å². The number of nitriles is 2. The van der Waals surface area contributed by atoms with Crippen molar-refractivity contribution in [2.24, 2.45) is 10.8 Å². The van der Waals surface area contributed by atoms with E-state index in [0.717, 1.165) is 0 Å². The molecular weight excluding hydrogens is 244 g/mol. The number of nitrogens with one attached hydrogen (secondary N) is 2. The zero-order valence-electron chi connectivity index (χ0n) is 10.3. The van der Waals surface area contributed by atoms with Crippen molar-refractivity contribution < 1.29 is 4.74 Å². The topological polar surface area (TPSA) is 131 Å². The van der Waals surface area contributed by atoms with Gasteiger partial charge in [0.1, 0.15) is 17.9 Å². The maximum absolute atomic E-state index is 8.90. The molecule has 96 valence electrons. The van der Waals surface area contributed by atoms with Crippen LogP contribution in [0.25, 0.3) is 0 Å². The van der Waals surface area contributed by atoms with Crippen molar-refractivity contribution in [2.45, 2.75) is 6.92 Å². The number of anilines is 1. The number of nitrogens with zero attached hydrogens (tertiary/aromatic N) is 3.